The van der Waals surface area contributed by atoms with Crippen LogP contribution >= 0.6 is 0 Å². The van der Waals surface area contributed by atoms with Gasteiger partial charge in [-0.1, -0.05) is 0 Å². The molecule has 2 rings (SSSR count). The Hall–Kier alpha value is -1.13. The summed E-state index contributed by atoms with van der Waals surface area (Å²) in [7, 11) is 1.78. The molecular formula is C13H21N3O. The minimum Gasteiger partial charge on any atom is -0.380 e. The first-order valence-corrected chi connectivity index (χ1v) is 6.20. The predicted octanol–water partition coefficient (Wildman–Crippen LogP) is 1.72. The fraction of sp³-hybridized carbons (Fsp3) is 0.615. The van der Waals surface area contributed by atoms with Crippen molar-refractivity contribution in [3.8, 4) is 0 Å². The van der Waals surface area contributed by atoms with Gasteiger partial charge in [0.25, 0.3) is 0 Å². The Labute approximate surface area is 103 Å². The van der Waals surface area contributed by atoms with Crippen molar-refractivity contribution >= 4 is 5.82 Å². The Morgan fingerprint density at radius 1 is 1.59 bits per heavy atom. The van der Waals surface area contributed by atoms with Crippen molar-refractivity contribution < 1.29 is 4.74 Å². The largest absolute Gasteiger partial charge is 0.380 e. The number of ether oxygens (including phenoxy) is 1. The average molecular weight is 235 g/mol. The third-order valence-corrected chi connectivity index (χ3v) is 3.33. The summed E-state index contributed by atoms with van der Waals surface area (Å²) in [6.45, 7) is 3.97. The first kappa shape index (κ1) is 12.3. The molecule has 17 heavy (non-hydrogen) atoms. The highest BCUT2D eigenvalue weighted by atomic mass is 16.5. The Morgan fingerprint density at radius 2 is 2.41 bits per heavy atom. The van der Waals surface area contributed by atoms with Gasteiger partial charge >= 0.3 is 0 Å². The molecule has 0 aromatic carbocycles. The van der Waals surface area contributed by atoms with Gasteiger partial charge in [0, 0.05) is 32.4 Å². The second-order valence-corrected chi connectivity index (χ2v) is 4.68. The SMILES string of the molecule is COC1CCCN(c2cc([C@@H](C)N)ccn2)C1. The lowest BCUT2D eigenvalue weighted by molar-refractivity contribution is 0.0891. The monoisotopic (exact) mass is 235 g/mol. The van der Waals surface area contributed by atoms with E-state index in [0.29, 0.717) is 6.10 Å². The Morgan fingerprint density at radius 3 is 3.12 bits per heavy atom. The minimum atomic E-state index is 0.0553. The second-order valence-electron chi connectivity index (χ2n) is 4.68. The standard InChI is InChI=1S/C13H21N3O/c1-10(14)11-5-6-15-13(8-11)16-7-3-4-12(9-16)17-2/h5-6,8,10,12H,3-4,7,9,14H2,1-2H3/t10-,12?/m1/s1. The summed E-state index contributed by atoms with van der Waals surface area (Å²) in [6.07, 6.45) is 4.46. The van der Waals surface area contributed by atoms with Crippen molar-refractivity contribution in [2.24, 2.45) is 5.73 Å². The Bertz CT molecular complexity index is 367. The van der Waals surface area contributed by atoms with E-state index in [-0.39, 0.29) is 6.04 Å². The maximum atomic E-state index is 5.89. The fourth-order valence-corrected chi connectivity index (χ4v) is 2.23. The second kappa shape index (κ2) is 5.47. The number of aromatic nitrogens is 1. The number of nitrogens with two attached hydrogens (primary N) is 1. The van der Waals surface area contributed by atoms with Crippen molar-refractivity contribution in [2.75, 3.05) is 25.1 Å². The van der Waals surface area contributed by atoms with Gasteiger partial charge in [-0.15, -0.1) is 0 Å². The summed E-state index contributed by atoms with van der Waals surface area (Å²) in [4.78, 5) is 6.71. The molecule has 2 N–H and O–H groups in total. The van der Waals surface area contributed by atoms with Crippen molar-refractivity contribution in [3.63, 3.8) is 0 Å². The number of methoxy groups -OCH3 is 1. The molecule has 0 bridgehead atoms. The predicted molar refractivity (Wildman–Crippen MR) is 69.1 cm³/mol. The van der Waals surface area contributed by atoms with Gasteiger partial charge < -0.3 is 15.4 Å². The lowest BCUT2D eigenvalue weighted by atomic mass is 10.1. The van der Waals surface area contributed by atoms with Crippen LogP contribution in [-0.4, -0.2) is 31.3 Å². The van der Waals surface area contributed by atoms with E-state index >= 15 is 0 Å². The molecule has 1 aromatic heterocycles. The van der Waals surface area contributed by atoms with Gasteiger partial charge in [0.2, 0.25) is 0 Å². The van der Waals surface area contributed by atoms with Crippen LogP contribution in [0.25, 0.3) is 0 Å². The number of pyridine rings is 1. The molecule has 4 heteroatoms. The van der Waals surface area contributed by atoms with Crippen molar-refractivity contribution in [2.45, 2.75) is 31.9 Å². The average Bonchev–Trinajstić information content (AvgIpc) is 2.39. The highest BCUT2D eigenvalue weighted by molar-refractivity contribution is 5.42. The van der Waals surface area contributed by atoms with E-state index in [0.717, 1.165) is 37.3 Å². The van der Waals surface area contributed by atoms with Gasteiger partial charge in [0.15, 0.2) is 0 Å². The third-order valence-electron chi connectivity index (χ3n) is 3.33. The molecule has 0 amide bonds. The van der Waals surface area contributed by atoms with Crippen molar-refractivity contribution in [1.82, 2.24) is 4.98 Å². The number of hydrogen-bond donors (Lipinski definition) is 1. The maximum absolute atomic E-state index is 5.89. The van der Waals surface area contributed by atoms with Crippen LogP contribution in [0, 0.1) is 0 Å². The van der Waals surface area contributed by atoms with E-state index in [2.05, 4.69) is 16.0 Å². The zero-order chi connectivity index (χ0) is 12.3. The quantitative estimate of drug-likeness (QED) is 0.866. The van der Waals surface area contributed by atoms with Gasteiger partial charge in [-0.05, 0) is 37.5 Å². The molecule has 0 saturated carbocycles. The van der Waals surface area contributed by atoms with Crippen LogP contribution in [0.2, 0.25) is 0 Å². The molecule has 2 atom stereocenters. The van der Waals surface area contributed by atoms with E-state index in [1.54, 1.807) is 7.11 Å². The maximum Gasteiger partial charge on any atom is 0.128 e. The molecule has 1 aliphatic heterocycles. The molecule has 4 nitrogen and oxygen atoms in total. The smallest absolute Gasteiger partial charge is 0.128 e. The zero-order valence-corrected chi connectivity index (χ0v) is 10.6. The molecule has 0 spiro atoms. The molecule has 1 fully saturated rings. The lowest BCUT2D eigenvalue weighted by Crippen LogP contribution is -2.39. The topological polar surface area (TPSA) is 51.4 Å². The van der Waals surface area contributed by atoms with Crippen LogP contribution in [0.5, 0.6) is 0 Å². The van der Waals surface area contributed by atoms with Crippen molar-refractivity contribution in [1.29, 1.82) is 0 Å². The number of hydrogen-bond acceptors (Lipinski definition) is 4. The summed E-state index contributed by atoms with van der Waals surface area (Å²) in [5.74, 6) is 1.02. The molecule has 1 aromatic rings. The summed E-state index contributed by atoms with van der Waals surface area (Å²) in [5.41, 5.74) is 7.03. The third kappa shape index (κ3) is 2.96. The number of anilines is 1. The summed E-state index contributed by atoms with van der Waals surface area (Å²) >= 11 is 0. The van der Waals surface area contributed by atoms with Crippen LogP contribution in [0.15, 0.2) is 18.3 Å². The molecule has 1 unspecified atom stereocenters. The molecule has 94 valence electrons. The fourth-order valence-electron chi connectivity index (χ4n) is 2.23. The Balaban J connectivity index is 2.13. The lowest BCUT2D eigenvalue weighted by Gasteiger charge is -2.33. The minimum absolute atomic E-state index is 0.0553. The number of nitrogens with zero attached hydrogens (tertiary/aromatic N) is 2. The van der Waals surface area contributed by atoms with Gasteiger partial charge in [-0.2, -0.15) is 0 Å². The molecule has 2 heterocycles. The van der Waals surface area contributed by atoms with Crippen LogP contribution in [0.3, 0.4) is 0 Å². The molecule has 1 saturated heterocycles. The van der Waals surface area contributed by atoms with E-state index in [1.807, 2.05) is 19.2 Å². The highest BCUT2D eigenvalue weighted by Crippen LogP contribution is 2.21. The summed E-state index contributed by atoms with van der Waals surface area (Å²) in [5, 5.41) is 0. The van der Waals surface area contributed by atoms with E-state index < -0.39 is 0 Å². The van der Waals surface area contributed by atoms with Gasteiger partial charge in [0.05, 0.1) is 6.10 Å². The zero-order valence-electron chi connectivity index (χ0n) is 10.6. The van der Waals surface area contributed by atoms with Gasteiger partial charge in [-0.3, -0.25) is 0 Å². The van der Waals surface area contributed by atoms with E-state index in [4.69, 9.17) is 10.5 Å². The first-order valence-electron chi connectivity index (χ1n) is 6.20. The number of piperidine rings is 1. The molecular weight excluding hydrogens is 214 g/mol. The van der Waals surface area contributed by atoms with Crippen molar-refractivity contribution in [3.05, 3.63) is 23.9 Å². The van der Waals surface area contributed by atoms with E-state index in [9.17, 15) is 0 Å². The van der Waals surface area contributed by atoms with Crippen LogP contribution < -0.4 is 10.6 Å². The first-order chi connectivity index (χ1) is 8.20. The van der Waals surface area contributed by atoms with Gasteiger partial charge in [0.1, 0.15) is 5.82 Å². The molecule has 1 aliphatic rings. The van der Waals surface area contributed by atoms with Crippen LogP contribution in [-0.2, 0) is 4.74 Å². The molecule has 0 aliphatic carbocycles. The molecule has 0 radical (unpaired) electrons. The van der Waals surface area contributed by atoms with Crippen LogP contribution in [0.4, 0.5) is 5.82 Å². The normalized spacial score (nSPS) is 22.5. The summed E-state index contributed by atoms with van der Waals surface area (Å²) < 4.78 is 5.43. The number of rotatable bonds is 3. The summed E-state index contributed by atoms with van der Waals surface area (Å²) in [6, 6.07) is 4.12. The van der Waals surface area contributed by atoms with Gasteiger partial charge in [-0.25, -0.2) is 4.98 Å². The highest BCUT2D eigenvalue weighted by Gasteiger charge is 2.20. The van der Waals surface area contributed by atoms with E-state index in [1.165, 1.54) is 0 Å². The Kier molecular flexibility index (Phi) is 3.97. The van der Waals surface area contributed by atoms with Crippen LogP contribution in [0.1, 0.15) is 31.4 Å².